The van der Waals surface area contributed by atoms with Gasteiger partial charge in [0.15, 0.2) is 0 Å². The Bertz CT molecular complexity index is 1320. The predicted octanol–water partition coefficient (Wildman–Crippen LogP) is 4.77. The molecular formula is C25H32Cl2N4O4S. The number of fused-ring (bicyclic) bond motifs is 2. The van der Waals surface area contributed by atoms with Crippen molar-refractivity contribution in [2.75, 3.05) is 38.6 Å². The van der Waals surface area contributed by atoms with Crippen molar-refractivity contribution in [2.45, 2.75) is 30.7 Å². The fourth-order valence-corrected chi connectivity index (χ4v) is 5.83. The molecule has 4 rings (SSSR count). The lowest BCUT2D eigenvalue weighted by molar-refractivity contribution is -0.385. The zero-order chi connectivity index (χ0) is 24.3. The van der Waals surface area contributed by atoms with Crippen molar-refractivity contribution in [1.82, 2.24) is 9.62 Å². The van der Waals surface area contributed by atoms with Gasteiger partial charge in [-0.25, -0.2) is 13.1 Å². The number of nitrogens with one attached hydrogen (secondary N) is 1. The summed E-state index contributed by atoms with van der Waals surface area (Å²) in [5.74, 6) is 0. The van der Waals surface area contributed by atoms with E-state index in [1.807, 2.05) is 49.3 Å². The second kappa shape index (κ2) is 12.7. The smallest absolute Gasteiger partial charge is 0.269 e. The molecule has 1 N–H and O–H groups in total. The van der Waals surface area contributed by atoms with Crippen LogP contribution in [0, 0.1) is 10.1 Å². The average molecular weight is 556 g/mol. The van der Waals surface area contributed by atoms with Gasteiger partial charge in [-0.2, -0.15) is 0 Å². The van der Waals surface area contributed by atoms with Gasteiger partial charge in [0.1, 0.15) is 0 Å². The van der Waals surface area contributed by atoms with E-state index in [0.717, 1.165) is 42.6 Å². The van der Waals surface area contributed by atoms with Crippen LogP contribution in [-0.4, -0.2) is 52.0 Å². The molecule has 1 heterocycles. The number of anilines is 1. The molecule has 11 heteroatoms. The Morgan fingerprint density at radius 2 is 1.72 bits per heavy atom. The zero-order valence-corrected chi connectivity index (χ0v) is 22.8. The average Bonchev–Trinajstić information content (AvgIpc) is 2.82. The Morgan fingerprint density at radius 3 is 2.44 bits per heavy atom. The molecule has 0 aromatic heterocycles. The summed E-state index contributed by atoms with van der Waals surface area (Å²) in [7, 11) is 0.248. The molecule has 0 saturated heterocycles. The molecule has 1 aliphatic rings. The van der Waals surface area contributed by atoms with Gasteiger partial charge in [0, 0.05) is 62.3 Å². The summed E-state index contributed by atoms with van der Waals surface area (Å²) in [6.07, 6.45) is 2.42. The topological polar surface area (TPSA) is 95.8 Å². The SMILES string of the molecule is CN(C)c1cccc2c(S(=O)(=O)NCCCCN3CCc4ccc([N+](=O)[O-])cc4C3)cccc12.Cl.Cl. The molecule has 0 radical (unpaired) electrons. The second-order valence-corrected chi connectivity index (χ2v) is 10.6. The number of nitro groups is 1. The summed E-state index contributed by atoms with van der Waals surface area (Å²) in [5.41, 5.74) is 3.28. The van der Waals surface area contributed by atoms with E-state index in [4.69, 9.17) is 0 Å². The molecule has 0 unspecified atom stereocenters. The molecule has 8 nitrogen and oxygen atoms in total. The van der Waals surface area contributed by atoms with E-state index in [-0.39, 0.29) is 35.4 Å². The molecule has 36 heavy (non-hydrogen) atoms. The predicted molar refractivity (Wildman–Crippen MR) is 149 cm³/mol. The number of non-ortho nitro benzene ring substituents is 1. The molecule has 0 amide bonds. The third-order valence-electron chi connectivity index (χ3n) is 6.32. The van der Waals surface area contributed by atoms with Crippen LogP contribution in [-0.2, 0) is 23.0 Å². The lowest BCUT2D eigenvalue weighted by atomic mass is 9.99. The molecule has 1 aliphatic heterocycles. The number of unbranched alkanes of at least 4 members (excludes halogenated alkanes) is 1. The van der Waals surface area contributed by atoms with Gasteiger partial charge in [-0.1, -0.05) is 30.3 Å². The minimum Gasteiger partial charge on any atom is -0.377 e. The van der Waals surface area contributed by atoms with Gasteiger partial charge in [0.25, 0.3) is 5.69 Å². The summed E-state index contributed by atoms with van der Waals surface area (Å²) < 4.78 is 28.8. The first-order chi connectivity index (χ1) is 16.3. The van der Waals surface area contributed by atoms with Gasteiger partial charge in [0.2, 0.25) is 10.0 Å². The Balaban J connectivity index is 0.00000228. The highest BCUT2D eigenvalue weighted by molar-refractivity contribution is 7.89. The highest BCUT2D eigenvalue weighted by Gasteiger charge is 2.20. The van der Waals surface area contributed by atoms with Crippen LogP contribution >= 0.6 is 24.8 Å². The van der Waals surface area contributed by atoms with Crippen LogP contribution < -0.4 is 9.62 Å². The number of nitrogens with zero attached hydrogens (tertiary/aromatic N) is 3. The lowest BCUT2D eigenvalue weighted by Crippen LogP contribution is -2.32. The normalized spacial score (nSPS) is 13.4. The van der Waals surface area contributed by atoms with Crippen molar-refractivity contribution in [3.63, 3.8) is 0 Å². The third kappa shape index (κ3) is 6.66. The maximum absolute atomic E-state index is 13.0. The molecule has 0 saturated carbocycles. The van der Waals surface area contributed by atoms with Gasteiger partial charge in [0.05, 0.1) is 9.82 Å². The van der Waals surface area contributed by atoms with Gasteiger partial charge >= 0.3 is 0 Å². The number of benzene rings is 3. The molecule has 3 aromatic rings. The standard InChI is InChI=1S/C25H30N4O4S.2ClH/c1-27(2)24-9-5-8-23-22(24)7-6-10-25(23)34(32,33)26-14-3-4-15-28-16-13-19-11-12-21(29(30)31)17-20(19)18-28;;/h5-12,17,26H,3-4,13-16,18H2,1-2H3;2*1H. The van der Waals surface area contributed by atoms with E-state index >= 15 is 0 Å². The number of hydrogen-bond donors (Lipinski definition) is 1. The monoisotopic (exact) mass is 554 g/mol. The number of sulfonamides is 1. The van der Waals surface area contributed by atoms with Crippen LogP contribution in [0.2, 0.25) is 0 Å². The van der Waals surface area contributed by atoms with Crippen molar-refractivity contribution >= 4 is 57.0 Å². The minimum absolute atomic E-state index is 0. The lowest BCUT2D eigenvalue weighted by Gasteiger charge is -2.28. The van der Waals surface area contributed by atoms with Gasteiger partial charge in [-0.3, -0.25) is 15.0 Å². The van der Waals surface area contributed by atoms with E-state index in [0.29, 0.717) is 29.8 Å². The van der Waals surface area contributed by atoms with Gasteiger partial charge in [-0.05, 0) is 49.1 Å². The first kappa shape index (κ1) is 29.8. The van der Waals surface area contributed by atoms with Crippen LogP contribution in [0.15, 0.2) is 59.5 Å². The van der Waals surface area contributed by atoms with E-state index in [1.54, 1.807) is 24.3 Å². The van der Waals surface area contributed by atoms with Crippen molar-refractivity contribution in [3.05, 3.63) is 75.8 Å². The summed E-state index contributed by atoms with van der Waals surface area (Å²) in [4.78, 5) is 15.2. The quantitative estimate of drug-likeness (QED) is 0.232. The minimum atomic E-state index is -3.63. The highest BCUT2D eigenvalue weighted by atomic mass is 35.5. The maximum Gasteiger partial charge on any atom is 0.269 e. The van der Waals surface area contributed by atoms with Gasteiger partial charge in [-0.15, -0.1) is 24.8 Å². The number of nitro benzene ring substituents is 1. The number of halogens is 2. The first-order valence-corrected chi connectivity index (χ1v) is 12.9. The summed E-state index contributed by atoms with van der Waals surface area (Å²) in [6, 6.07) is 16.2. The molecule has 3 aromatic carbocycles. The van der Waals surface area contributed by atoms with Crippen LogP contribution in [0.5, 0.6) is 0 Å². The van der Waals surface area contributed by atoms with Crippen LogP contribution in [0.25, 0.3) is 10.8 Å². The summed E-state index contributed by atoms with van der Waals surface area (Å²) in [6.45, 7) is 2.78. The van der Waals surface area contributed by atoms with Crippen molar-refractivity contribution < 1.29 is 13.3 Å². The largest absolute Gasteiger partial charge is 0.377 e. The van der Waals surface area contributed by atoms with Crippen LogP contribution in [0.3, 0.4) is 0 Å². The second-order valence-electron chi connectivity index (χ2n) is 8.86. The molecular weight excluding hydrogens is 523 g/mol. The van der Waals surface area contributed by atoms with Crippen molar-refractivity contribution in [3.8, 4) is 0 Å². The summed E-state index contributed by atoms with van der Waals surface area (Å²) >= 11 is 0. The van der Waals surface area contributed by atoms with Crippen molar-refractivity contribution in [1.29, 1.82) is 0 Å². The van der Waals surface area contributed by atoms with Gasteiger partial charge < -0.3 is 4.90 Å². The molecule has 0 atom stereocenters. The molecule has 0 spiro atoms. The fourth-order valence-electron chi connectivity index (χ4n) is 4.54. The van der Waals surface area contributed by atoms with E-state index < -0.39 is 10.0 Å². The van der Waals surface area contributed by atoms with E-state index in [1.165, 1.54) is 5.56 Å². The van der Waals surface area contributed by atoms with Crippen molar-refractivity contribution in [2.24, 2.45) is 0 Å². The highest BCUT2D eigenvalue weighted by Crippen LogP contribution is 2.30. The van der Waals surface area contributed by atoms with E-state index in [2.05, 4.69) is 9.62 Å². The fraction of sp³-hybridized carbons (Fsp3) is 0.360. The third-order valence-corrected chi connectivity index (χ3v) is 7.83. The Morgan fingerprint density at radius 1 is 1.00 bits per heavy atom. The molecule has 0 fully saturated rings. The molecule has 0 aliphatic carbocycles. The Hall–Kier alpha value is -2.43. The Labute approximate surface area is 224 Å². The maximum atomic E-state index is 13.0. The van der Waals surface area contributed by atoms with Crippen LogP contribution in [0.1, 0.15) is 24.0 Å². The number of rotatable bonds is 9. The summed E-state index contributed by atoms with van der Waals surface area (Å²) in [5, 5.41) is 12.7. The number of hydrogen-bond acceptors (Lipinski definition) is 6. The van der Waals surface area contributed by atoms with E-state index in [9.17, 15) is 18.5 Å². The molecule has 196 valence electrons. The zero-order valence-electron chi connectivity index (χ0n) is 20.3. The first-order valence-electron chi connectivity index (χ1n) is 11.4. The van der Waals surface area contributed by atoms with Crippen LogP contribution in [0.4, 0.5) is 11.4 Å². The Kier molecular flexibility index (Phi) is 10.5. The molecule has 0 bridgehead atoms.